The van der Waals surface area contributed by atoms with Crippen LogP contribution in [0.2, 0.25) is 0 Å². The highest BCUT2D eigenvalue weighted by Crippen LogP contribution is 2.44. The lowest BCUT2D eigenvalue weighted by molar-refractivity contribution is 0.0183. The number of carbonyl (C=O) groups is 1. The van der Waals surface area contributed by atoms with Crippen LogP contribution in [0.15, 0.2) is 60.7 Å². The van der Waals surface area contributed by atoms with E-state index in [0.717, 1.165) is 28.3 Å². The first-order chi connectivity index (χ1) is 15.9. The van der Waals surface area contributed by atoms with Crippen LogP contribution in [0.25, 0.3) is 11.1 Å². The fourth-order valence-electron chi connectivity index (χ4n) is 4.11. The zero-order valence-corrected chi connectivity index (χ0v) is 17.9. The van der Waals surface area contributed by atoms with E-state index >= 15 is 0 Å². The predicted molar refractivity (Wildman–Crippen MR) is 120 cm³/mol. The summed E-state index contributed by atoms with van der Waals surface area (Å²) in [7, 11) is 1.29. The van der Waals surface area contributed by atoms with Gasteiger partial charge in [0.1, 0.15) is 18.8 Å². The van der Waals surface area contributed by atoms with Gasteiger partial charge in [-0.15, -0.1) is 0 Å². The van der Waals surface area contributed by atoms with E-state index in [1.165, 1.54) is 13.2 Å². The monoisotopic (exact) mass is 451 g/mol. The minimum atomic E-state index is -1.45. The molecule has 172 valence electrons. The zero-order chi connectivity index (χ0) is 23.5. The second-order valence-corrected chi connectivity index (χ2v) is 7.81. The summed E-state index contributed by atoms with van der Waals surface area (Å²) in [6.07, 6.45) is -3.56. The van der Waals surface area contributed by atoms with Crippen LogP contribution in [-0.4, -0.2) is 52.9 Å². The van der Waals surface area contributed by atoms with Crippen molar-refractivity contribution in [3.8, 4) is 28.4 Å². The van der Waals surface area contributed by atoms with E-state index in [-0.39, 0.29) is 30.4 Å². The van der Waals surface area contributed by atoms with E-state index in [1.807, 2.05) is 48.5 Å². The number of methoxy groups -OCH3 is 1. The molecule has 33 heavy (non-hydrogen) atoms. The van der Waals surface area contributed by atoms with Gasteiger partial charge >= 0.3 is 6.09 Å². The lowest BCUT2D eigenvalue weighted by Crippen LogP contribution is -2.36. The summed E-state index contributed by atoms with van der Waals surface area (Å²) in [5.41, 5.74) is 4.52. The number of nitrogens with one attached hydrogen (secondary N) is 1. The number of ether oxygens (including phenoxy) is 2. The van der Waals surface area contributed by atoms with E-state index in [0.29, 0.717) is 0 Å². The number of phenols is 2. The Hall–Kier alpha value is -3.75. The Bertz CT molecular complexity index is 1120. The zero-order valence-electron chi connectivity index (χ0n) is 17.9. The van der Waals surface area contributed by atoms with Gasteiger partial charge in [0.15, 0.2) is 11.5 Å². The van der Waals surface area contributed by atoms with Crippen LogP contribution in [0.4, 0.5) is 4.79 Å². The largest absolute Gasteiger partial charge is 0.504 e. The van der Waals surface area contributed by atoms with Crippen molar-refractivity contribution < 1.29 is 34.7 Å². The third kappa shape index (κ3) is 4.44. The summed E-state index contributed by atoms with van der Waals surface area (Å²) in [4.78, 5) is 12.3. The molecule has 1 aliphatic carbocycles. The molecule has 1 amide bonds. The molecule has 0 fully saturated rings. The van der Waals surface area contributed by atoms with E-state index in [9.17, 15) is 25.2 Å². The summed E-state index contributed by atoms with van der Waals surface area (Å²) < 4.78 is 10.3. The van der Waals surface area contributed by atoms with Gasteiger partial charge < -0.3 is 35.2 Å². The molecule has 2 atom stereocenters. The highest BCUT2D eigenvalue weighted by molar-refractivity contribution is 5.79. The molecule has 4 rings (SSSR count). The second-order valence-electron chi connectivity index (χ2n) is 7.81. The number of aromatic hydroxyl groups is 2. The van der Waals surface area contributed by atoms with Gasteiger partial charge in [-0.2, -0.15) is 0 Å². The standard InChI is InChI=1S/C25H25NO7/c1-32-22-11-14(10-20(27)24(22)30)23(29)21(28)12-26-25(31)33-13-19-17-8-4-2-6-15(17)16-7-3-5-9-18(16)19/h2-11,19,21,23,27-30H,12-13H2,1H3,(H,26,31). The van der Waals surface area contributed by atoms with Gasteiger partial charge in [0.25, 0.3) is 0 Å². The third-order valence-corrected chi connectivity index (χ3v) is 5.80. The van der Waals surface area contributed by atoms with Crippen LogP contribution >= 0.6 is 0 Å². The van der Waals surface area contributed by atoms with E-state index in [2.05, 4.69) is 5.32 Å². The second kappa shape index (κ2) is 9.40. The lowest BCUT2D eigenvalue weighted by Gasteiger charge is -2.20. The van der Waals surface area contributed by atoms with Gasteiger partial charge in [0.2, 0.25) is 5.75 Å². The number of aliphatic hydroxyl groups excluding tert-OH is 2. The quantitative estimate of drug-likeness (QED) is 0.349. The molecule has 3 aromatic rings. The molecule has 8 heteroatoms. The number of hydrogen-bond acceptors (Lipinski definition) is 7. The molecule has 5 N–H and O–H groups in total. The van der Waals surface area contributed by atoms with Crippen molar-refractivity contribution in [1.82, 2.24) is 5.32 Å². The first kappa shape index (κ1) is 22.4. The Morgan fingerprint density at radius 1 is 1.00 bits per heavy atom. The number of alkyl carbamates (subject to hydrolysis) is 1. The Morgan fingerprint density at radius 3 is 2.21 bits per heavy atom. The molecule has 0 heterocycles. The Morgan fingerprint density at radius 2 is 1.61 bits per heavy atom. The number of phenolic OH excluding ortho intramolecular Hbond substituents is 2. The van der Waals surface area contributed by atoms with Crippen molar-refractivity contribution in [2.75, 3.05) is 20.3 Å². The van der Waals surface area contributed by atoms with Crippen LogP contribution in [0.3, 0.4) is 0 Å². The molecule has 1 aliphatic rings. The molecule has 0 aliphatic heterocycles. The summed E-state index contributed by atoms with van der Waals surface area (Å²) >= 11 is 0. The molecule has 0 saturated carbocycles. The van der Waals surface area contributed by atoms with E-state index < -0.39 is 29.8 Å². The molecule has 0 saturated heterocycles. The number of hydrogen-bond donors (Lipinski definition) is 5. The van der Waals surface area contributed by atoms with Crippen LogP contribution < -0.4 is 10.1 Å². The topological polar surface area (TPSA) is 128 Å². The molecule has 3 aromatic carbocycles. The van der Waals surface area contributed by atoms with Gasteiger partial charge in [0, 0.05) is 12.5 Å². The fourth-order valence-corrected chi connectivity index (χ4v) is 4.11. The fraction of sp³-hybridized carbons (Fsp3) is 0.240. The van der Waals surface area contributed by atoms with Crippen molar-refractivity contribution in [1.29, 1.82) is 0 Å². The Labute approximate surface area is 190 Å². The van der Waals surface area contributed by atoms with Gasteiger partial charge in [-0.05, 0) is 39.9 Å². The maximum Gasteiger partial charge on any atom is 0.407 e. The van der Waals surface area contributed by atoms with Crippen molar-refractivity contribution in [2.24, 2.45) is 0 Å². The highest BCUT2D eigenvalue weighted by Gasteiger charge is 2.29. The summed E-state index contributed by atoms with van der Waals surface area (Å²) in [5, 5.41) is 42.6. The van der Waals surface area contributed by atoms with Gasteiger partial charge in [-0.25, -0.2) is 4.79 Å². The molecular formula is C25H25NO7. The number of rotatable bonds is 7. The van der Waals surface area contributed by atoms with Crippen LogP contribution in [0, 0.1) is 0 Å². The third-order valence-electron chi connectivity index (χ3n) is 5.80. The van der Waals surface area contributed by atoms with Crippen molar-refractivity contribution in [3.05, 3.63) is 77.4 Å². The molecule has 0 radical (unpaired) electrons. The van der Waals surface area contributed by atoms with Gasteiger partial charge in [-0.1, -0.05) is 48.5 Å². The summed E-state index contributed by atoms with van der Waals surface area (Å²) in [6.45, 7) is -0.163. The molecule has 0 spiro atoms. The van der Waals surface area contributed by atoms with Crippen LogP contribution in [0.5, 0.6) is 17.2 Å². The number of aliphatic hydroxyl groups is 2. The number of fused-ring (bicyclic) bond motifs is 3. The maximum absolute atomic E-state index is 12.3. The predicted octanol–water partition coefficient (Wildman–Crippen LogP) is 3.04. The SMILES string of the molecule is COc1cc(C(O)C(O)CNC(=O)OCC2c3ccccc3-c3ccccc32)cc(O)c1O. The maximum atomic E-state index is 12.3. The number of benzene rings is 3. The average Bonchev–Trinajstić information content (AvgIpc) is 3.16. The molecular weight excluding hydrogens is 426 g/mol. The van der Waals surface area contributed by atoms with Crippen molar-refractivity contribution in [3.63, 3.8) is 0 Å². The van der Waals surface area contributed by atoms with E-state index in [4.69, 9.17) is 9.47 Å². The van der Waals surface area contributed by atoms with Crippen LogP contribution in [0.1, 0.15) is 28.7 Å². The highest BCUT2D eigenvalue weighted by atomic mass is 16.5. The Balaban J connectivity index is 1.35. The van der Waals surface area contributed by atoms with Crippen LogP contribution in [-0.2, 0) is 4.74 Å². The van der Waals surface area contributed by atoms with Gasteiger partial charge in [0.05, 0.1) is 7.11 Å². The van der Waals surface area contributed by atoms with E-state index in [1.54, 1.807) is 0 Å². The first-order valence-corrected chi connectivity index (χ1v) is 10.5. The summed E-state index contributed by atoms with van der Waals surface area (Å²) in [5.74, 6) is -1.12. The molecule has 8 nitrogen and oxygen atoms in total. The minimum absolute atomic E-state index is 0.0549. The van der Waals surface area contributed by atoms with Crippen molar-refractivity contribution in [2.45, 2.75) is 18.1 Å². The van der Waals surface area contributed by atoms with Gasteiger partial charge in [-0.3, -0.25) is 0 Å². The minimum Gasteiger partial charge on any atom is -0.504 e. The first-order valence-electron chi connectivity index (χ1n) is 10.5. The normalized spacial score (nSPS) is 14.2. The Kier molecular flexibility index (Phi) is 6.39. The molecule has 2 unspecified atom stereocenters. The van der Waals surface area contributed by atoms with Crippen molar-refractivity contribution >= 4 is 6.09 Å². The summed E-state index contributed by atoms with van der Waals surface area (Å²) in [6, 6.07) is 18.4. The number of amides is 1. The average molecular weight is 451 g/mol. The number of carbonyl (C=O) groups excluding carboxylic acids is 1. The molecule has 0 bridgehead atoms. The lowest BCUT2D eigenvalue weighted by atomic mass is 9.98. The molecule has 0 aromatic heterocycles. The smallest absolute Gasteiger partial charge is 0.407 e.